The van der Waals surface area contributed by atoms with Crippen molar-refractivity contribution in [1.29, 1.82) is 0 Å². The summed E-state index contributed by atoms with van der Waals surface area (Å²) in [6.45, 7) is 17.2. The van der Waals surface area contributed by atoms with Crippen molar-refractivity contribution in [3.63, 3.8) is 0 Å². The summed E-state index contributed by atoms with van der Waals surface area (Å²) in [7, 11) is 0. The van der Waals surface area contributed by atoms with E-state index in [0.717, 1.165) is 38.5 Å². The molecule has 0 aromatic carbocycles. The first kappa shape index (κ1) is 49.1. The first-order chi connectivity index (χ1) is 30.3. The predicted octanol–water partition coefficient (Wildman–Crippen LogP) is 0.629. The van der Waals surface area contributed by atoms with Crippen LogP contribution in [-0.2, 0) is 33.2 Å². The fourth-order valence-corrected chi connectivity index (χ4v) is 15.7. The molecule has 0 amide bonds. The van der Waals surface area contributed by atoms with Crippen LogP contribution in [0.3, 0.4) is 0 Å². The molecule has 5 aliphatic carbocycles. The minimum absolute atomic E-state index is 0.163. The van der Waals surface area contributed by atoms with Crippen LogP contribution in [0, 0.1) is 50.2 Å². The van der Waals surface area contributed by atoms with Crippen LogP contribution in [0.5, 0.6) is 0 Å². The van der Waals surface area contributed by atoms with Crippen molar-refractivity contribution in [3.8, 4) is 0 Å². The van der Waals surface area contributed by atoms with Gasteiger partial charge in [0.1, 0.15) is 67.1 Å². The Hall–Kier alpha value is -0.940. The lowest BCUT2D eigenvalue weighted by molar-refractivity contribution is -0.374. The molecule has 8 fully saturated rings. The summed E-state index contributed by atoms with van der Waals surface area (Å²) >= 11 is 0. The summed E-state index contributed by atoms with van der Waals surface area (Å²) in [5.74, 6) is 0.593. The van der Waals surface area contributed by atoms with Crippen LogP contribution in [-0.4, -0.2) is 181 Å². The summed E-state index contributed by atoms with van der Waals surface area (Å²) in [5, 5.41) is 109. The lowest BCUT2D eigenvalue weighted by atomic mass is 9.32. The Morgan fingerprint density at radius 2 is 1.28 bits per heavy atom. The number of hydrogen-bond acceptors (Lipinski definition) is 17. The Balaban J connectivity index is 0.958. The molecule has 1 unspecified atom stereocenters. The van der Waals surface area contributed by atoms with Gasteiger partial charge < -0.3 is 84.2 Å². The zero-order valence-electron chi connectivity index (χ0n) is 39.3. The van der Waals surface area contributed by atoms with Crippen LogP contribution in [0.15, 0.2) is 12.2 Å². The lowest BCUT2D eigenvalue weighted by Crippen LogP contribution is -2.72. The number of hydrogen-bond donors (Lipinski definition) is 10. The molecule has 65 heavy (non-hydrogen) atoms. The molecule has 9 aliphatic rings. The standard InChI is InChI=1S/C48H78O17/c1-22-30(51)32(53)36(57)40(61-22)65-38-24(20-59-39-35(56)33(54)31(52)23(19-49)62-39)63-41(37(58)34(38)55)64-29-11-12-44(6)25(43(29,4)5)9-13-45(7)26(44)10-14-48-27-17-42(2,3)15-16-47(27,21-60-48)28(50)18-46(45,48)8/h10,14,22-41,49-58H,9,11-13,15-21H2,1-8H3/t22-,23+,24+,25-,26+,27+,28-,29-,30-,31+,32+,33-,34+,35+,36+,37+,38+,39+,40-,41-,44-,45+,46-,47?,48+/m0/s1. The fourth-order valence-electron chi connectivity index (χ4n) is 15.7. The highest BCUT2D eigenvalue weighted by molar-refractivity contribution is 5.36. The Morgan fingerprint density at radius 1 is 0.631 bits per heavy atom. The molecule has 0 radical (unpaired) electrons. The van der Waals surface area contributed by atoms with Gasteiger partial charge in [-0.3, -0.25) is 0 Å². The van der Waals surface area contributed by atoms with Crippen LogP contribution >= 0.6 is 0 Å². The zero-order valence-corrected chi connectivity index (χ0v) is 39.3. The maximum Gasteiger partial charge on any atom is 0.187 e. The number of allylic oxidation sites excluding steroid dienone is 1. The molecule has 4 saturated heterocycles. The quantitative estimate of drug-likeness (QED) is 0.118. The lowest BCUT2D eigenvalue weighted by Gasteiger charge is -2.73. The molecule has 2 bridgehead atoms. The first-order valence-corrected chi connectivity index (χ1v) is 24.3. The third-order valence-electron chi connectivity index (χ3n) is 19.9. The van der Waals surface area contributed by atoms with Gasteiger partial charge in [0.25, 0.3) is 0 Å². The molecule has 0 aromatic heterocycles. The Bertz CT molecular complexity index is 1780. The number of ether oxygens (including phenoxy) is 7. The summed E-state index contributed by atoms with van der Waals surface area (Å²) in [5.41, 5.74) is -1.61. The van der Waals surface area contributed by atoms with Crippen molar-refractivity contribution < 1.29 is 84.2 Å². The maximum atomic E-state index is 12.2. The van der Waals surface area contributed by atoms with Gasteiger partial charge in [0.2, 0.25) is 0 Å². The van der Waals surface area contributed by atoms with Crippen molar-refractivity contribution in [2.45, 2.75) is 217 Å². The summed E-state index contributed by atoms with van der Waals surface area (Å²) < 4.78 is 43.5. The third kappa shape index (κ3) is 7.09. The van der Waals surface area contributed by atoms with Crippen LogP contribution in [0.25, 0.3) is 0 Å². The topological polar surface area (TPSA) is 267 Å². The van der Waals surface area contributed by atoms with E-state index in [4.69, 9.17) is 33.2 Å². The number of fused-ring (bicyclic) bond motifs is 4. The van der Waals surface area contributed by atoms with Gasteiger partial charge in [-0.2, -0.15) is 0 Å². The SMILES string of the molecule is C[C@@H]1O[C@@H](O[C@H]2[C@H](O)[C@@H](O)[C@H](O[C@H]3CC[C@]4(C)[C@H]5C=C[C@@]67OCC8(CCC(C)(C)C[C@H]86)[C@@H](O)C[C@@]7(C)[C@]5(C)CC[C@H]4C3(C)C)O[C@@H]2CO[C@@H]2O[C@H](CO)[C@@H](O)[C@H](O)[C@H]2O)[C@H](O)[C@H](O)[C@H]1O. The zero-order chi connectivity index (χ0) is 47.2. The highest BCUT2D eigenvalue weighted by Crippen LogP contribution is 2.79. The van der Waals surface area contributed by atoms with Crippen LogP contribution < -0.4 is 0 Å². The van der Waals surface area contributed by atoms with Gasteiger partial charge in [-0.1, -0.05) is 60.6 Å². The minimum atomic E-state index is -1.75. The predicted molar refractivity (Wildman–Crippen MR) is 228 cm³/mol. The van der Waals surface area contributed by atoms with Crippen LogP contribution in [0.4, 0.5) is 0 Å². The maximum absolute atomic E-state index is 12.2. The van der Waals surface area contributed by atoms with E-state index in [1.807, 2.05) is 0 Å². The van der Waals surface area contributed by atoms with Gasteiger partial charge in [-0.15, -0.1) is 0 Å². The van der Waals surface area contributed by atoms with E-state index in [2.05, 4.69) is 60.6 Å². The Morgan fingerprint density at radius 3 is 1.98 bits per heavy atom. The van der Waals surface area contributed by atoms with Gasteiger partial charge in [0.15, 0.2) is 18.9 Å². The molecule has 9 rings (SSSR count). The second-order valence-electron chi connectivity index (χ2n) is 24.0. The van der Waals surface area contributed by atoms with Crippen LogP contribution in [0.2, 0.25) is 0 Å². The van der Waals surface area contributed by atoms with E-state index in [0.29, 0.717) is 19.4 Å². The van der Waals surface area contributed by atoms with E-state index in [1.165, 1.54) is 6.92 Å². The summed E-state index contributed by atoms with van der Waals surface area (Å²) in [4.78, 5) is 0. The summed E-state index contributed by atoms with van der Waals surface area (Å²) in [6.07, 6.45) is -12.0. The van der Waals surface area contributed by atoms with E-state index in [-0.39, 0.29) is 44.8 Å². The molecule has 1 spiro atoms. The van der Waals surface area contributed by atoms with E-state index in [9.17, 15) is 51.1 Å². The second-order valence-corrected chi connectivity index (χ2v) is 24.0. The molecule has 17 heteroatoms. The van der Waals surface area contributed by atoms with Crippen molar-refractivity contribution in [3.05, 3.63) is 12.2 Å². The number of aliphatic hydroxyl groups is 10. The molecule has 4 heterocycles. The minimum Gasteiger partial charge on any atom is -0.394 e. The fraction of sp³-hybridized carbons (Fsp3) is 0.958. The smallest absolute Gasteiger partial charge is 0.187 e. The van der Waals surface area contributed by atoms with Crippen molar-refractivity contribution in [1.82, 2.24) is 0 Å². The molecular weight excluding hydrogens is 849 g/mol. The van der Waals surface area contributed by atoms with E-state index in [1.54, 1.807) is 0 Å². The average molecular weight is 927 g/mol. The van der Waals surface area contributed by atoms with E-state index >= 15 is 0 Å². The summed E-state index contributed by atoms with van der Waals surface area (Å²) in [6, 6.07) is 0. The normalized spacial score (nSPS) is 58.0. The van der Waals surface area contributed by atoms with Gasteiger partial charge in [-0.25, -0.2) is 0 Å². The molecule has 4 saturated carbocycles. The molecule has 10 N–H and O–H groups in total. The highest BCUT2D eigenvalue weighted by Gasteiger charge is 2.79. The molecule has 17 nitrogen and oxygen atoms in total. The van der Waals surface area contributed by atoms with Crippen LogP contribution in [0.1, 0.15) is 107 Å². The van der Waals surface area contributed by atoms with Gasteiger partial charge >= 0.3 is 0 Å². The van der Waals surface area contributed by atoms with Gasteiger partial charge in [-0.05, 0) is 91.8 Å². The number of aliphatic hydroxyl groups excluding tert-OH is 10. The molecule has 4 aliphatic heterocycles. The average Bonchev–Trinajstić information content (AvgIpc) is 3.52. The number of rotatable bonds is 8. The van der Waals surface area contributed by atoms with Crippen molar-refractivity contribution in [2.24, 2.45) is 50.2 Å². The van der Waals surface area contributed by atoms with E-state index < -0.39 is 129 Å². The largest absolute Gasteiger partial charge is 0.394 e. The van der Waals surface area contributed by atoms with Crippen molar-refractivity contribution >= 4 is 0 Å². The van der Waals surface area contributed by atoms with Gasteiger partial charge in [0.05, 0.1) is 43.7 Å². The Kier molecular flexibility index (Phi) is 12.5. The first-order valence-electron chi connectivity index (χ1n) is 24.3. The Labute approximate surface area is 382 Å². The second kappa shape index (κ2) is 16.6. The van der Waals surface area contributed by atoms with Gasteiger partial charge in [0, 0.05) is 16.7 Å². The molecule has 0 aromatic rings. The molecular formula is C48H78O17. The van der Waals surface area contributed by atoms with Crippen molar-refractivity contribution in [2.75, 3.05) is 19.8 Å². The third-order valence-corrected chi connectivity index (χ3v) is 19.9. The monoisotopic (exact) mass is 927 g/mol. The highest BCUT2D eigenvalue weighted by atomic mass is 16.8. The molecule has 372 valence electrons. The molecule has 25 atom stereocenters.